The molecular formula is C2H4Cl3N. The lowest BCUT2D eigenvalue weighted by atomic mass is 11.1. The monoisotopic (exact) mass is 147 g/mol. The lowest BCUT2D eigenvalue weighted by molar-refractivity contribution is 1.62. The highest BCUT2D eigenvalue weighted by Crippen LogP contribution is 2.01. The molecular weight excluding hydrogens is 144 g/mol. The molecule has 0 saturated heterocycles. The fraction of sp³-hybridized carbons (Fsp3) is 0. The summed E-state index contributed by atoms with van der Waals surface area (Å²) in [5.41, 5.74) is 4.75. The fourth-order valence-corrected chi connectivity index (χ4v) is 0. The second-order valence-electron chi connectivity index (χ2n) is 0.456. The first kappa shape index (κ1) is 9.65. The highest BCUT2D eigenvalue weighted by Gasteiger charge is 1.69. The van der Waals surface area contributed by atoms with Crippen molar-refractivity contribution in [2.45, 2.75) is 0 Å². The van der Waals surface area contributed by atoms with E-state index in [4.69, 9.17) is 28.9 Å². The molecule has 0 spiro atoms. The average Bonchev–Trinajstić information content (AvgIpc) is 1.38. The molecule has 0 aliphatic heterocycles. The van der Waals surface area contributed by atoms with E-state index in [1.165, 1.54) is 0 Å². The van der Waals surface area contributed by atoms with Gasteiger partial charge in [-0.1, -0.05) is 23.2 Å². The molecule has 1 nitrogen and oxygen atoms in total. The van der Waals surface area contributed by atoms with E-state index >= 15 is 0 Å². The summed E-state index contributed by atoms with van der Waals surface area (Å²) in [6.45, 7) is 0. The Morgan fingerprint density at radius 3 is 1.67 bits per heavy atom. The molecule has 0 aromatic heterocycles. The number of halogens is 3. The summed E-state index contributed by atoms with van der Waals surface area (Å²) in [6, 6.07) is 0. The molecule has 0 unspecified atom stereocenters. The Labute approximate surface area is 52.5 Å². The zero-order chi connectivity index (χ0) is 4.28. The van der Waals surface area contributed by atoms with Crippen LogP contribution in [0.3, 0.4) is 0 Å². The second kappa shape index (κ2) is 5.41. The molecule has 0 atom stereocenters. The Hall–Kier alpha value is 0.410. The van der Waals surface area contributed by atoms with Crippen molar-refractivity contribution in [3.8, 4) is 0 Å². The molecule has 0 aromatic rings. The molecule has 0 rings (SSSR count). The van der Waals surface area contributed by atoms with E-state index in [0.717, 1.165) is 6.20 Å². The minimum Gasteiger partial charge on any atom is -0.403 e. The molecule has 0 saturated carbocycles. The van der Waals surface area contributed by atoms with E-state index in [1.54, 1.807) is 0 Å². The first-order valence-electron chi connectivity index (χ1n) is 1.000. The lowest BCUT2D eigenvalue weighted by Crippen LogP contribution is -1.73. The number of hydrogen-bond donors (Lipinski definition) is 1. The van der Waals surface area contributed by atoms with Crippen molar-refractivity contribution in [2.24, 2.45) is 5.73 Å². The third-order valence-corrected chi connectivity index (χ3v) is 0.378. The predicted molar refractivity (Wildman–Crippen MR) is 31.2 cm³/mol. The van der Waals surface area contributed by atoms with Gasteiger partial charge in [-0.05, 0) is 0 Å². The third-order valence-electron chi connectivity index (χ3n) is 0.126. The van der Waals surface area contributed by atoms with Crippen molar-refractivity contribution < 1.29 is 0 Å². The second-order valence-corrected chi connectivity index (χ2v) is 1.46. The van der Waals surface area contributed by atoms with Crippen LogP contribution in [0.2, 0.25) is 0 Å². The van der Waals surface area contributed by atoms with Gasteiger partial charge in [0.05, 0.1) is 0 Å². The quantitative estimate of drug-likeness (QED) is 0.555. The summed E-state index contributed by atoms with van der Waals surface area (Å²) < 4.78 is 0.102. The molecule has 0 aliphatic carbocycles. The van der Waals surface area contributed by atoms with Gasteiger partial charge in [-0.25, -0.2) is 0 Å². The number of hydrogen-bond acceptors (Lipinski definition) is 1. The number of rotatable bonds is 0. The molecule has 0 aromatic carbocycles. The van der Waals surface area contributed by atoms with Crippen molar-refractivity contribution in [1.29, 1.82) is 0 Å². The van der Waals surface area contributed by atoms with Crippen molar-refractivity contribution >= 4 is 35.6 Å². The molecule has 4 heteroatoms. The molecule has 0 fully saturated rings. The van der Waals surface area contributed by atoms with Gasteiger partial charge in [-0.3, -0.25) is 0 Å². The highest BCUT2D eigenvalue weighted by atomic mass is 35.5. The molecule has 6 heavy (non-hydrogen) atoms. The van der Waals surface area contributed by atoms with Crippen LogP contribution in [0.4, 0.5) is 0 Å². The first-order chi connectivity index (χ1) is 2.27. The van der Waals surface area contributed by atoms with Crippen LogP contribution in [0.15, 0.2) is 10.7 Å². The van der Waals surface area contributed by atoms with Crippen LogP contribution in [0, 0.1) is 0 Å². The van der Waals surface area contributed by atoms with Crippen LogP contribution in [-0.4, -0.2) is 0 Å². The third kappa shape index (κ3) is 8.83. The first-order valence-corrected chi connectivity index (χ1v) is 1.76. The van der Waals surface area contributed by atoms with Crippen molar-refractivity contribution in [2.75, 3.05) is 0 Å². The SMILES string of the molecule is Cl.NC=C(Cl)Cl. The van der Waals surface area contributed by atoms with Gasteiger partial charge >= 0.3 is 0 Å². The topological polar surface area (TPSA) is 26.0 Å². The van der Waals surface area contributed by atoms with Crippen molar-refractivity contribution in [3.63, 3.8) is 0 Å². The maximum atomic E-state index is 4.96. The minimum absolute atomic E-state index is 0. The Bertz CT molecular complexity index is 46.8. The molecule has 0 amide bonds. The smallest absolute Gasteiger partial charge is 0.122 e. The van der Waals surface area contributed by atoms with Gasteiger partial charge in [0.1, 0.15) is 4.49 Å². The predicted octanol–water partition coefficient (Wildman–Crippen LogP) is 1.64. The Morgan fingerprint density at radius 1 is 1.50 bits per heavy atom. The van der Waals surface area contributed by atoms with E-state index in [2.05, 4.69) is 0 Å². The van der Waals surface area contributed by atoms with Crippen LogP contribution in [0.1, 0.15) is 0 Å². The average molecular weight is 148 g/mol. The van der Waals surface area contributed by atoms with E-state index in [0.29, 0.717) is 0 Å². The maximum Gasteiger partial charge on any atom is 0.122 e. The summed E-state index contributed by atoms with van der Waals surface area (Å²) in [6.07, 6.45) is 1.11. The van der Waals surface area contributed by atoms with Gasteiger partial charge in [-0.2, -0.15) is 0 Å². The van der Waals surface area contributed by atoms with E-state index in [-0.39, 0.29) is 16.9 Å². The molecule has 0 radical (unpaired) electrons. The molecule has 0 aliphatic rings. The summed E-state index contributed by atoms with van der Waals surface area (Å²) in [7, 11) is 0. The molecule has 2 N–H and O–H groups in total. The highest BCUT2D eigenvalue weighted by molar-refractivity contribution is 6.55. The van der Waals surface area contributed by atoms with Crippen LogP contribution < -0.4 is 5.73 Å². The Kier molecular flexibility index (Phi) is 8.70. The van der Waals surface area contributed by atoms with E-state index in [1.807, 2.05) is 0 Å². The normalized spacial score (nSPS) is 5.67. The standard InChI is InChI=1S/C2H3Cl2N.ClH/c3-2(4)1-5;/h1H,5H2;1H. The number of nitrogens with two attached hydrogens (primary N) is 1. The Balaban J connectivity index is 0. The summed E-state index contributed by atoms with van der Waals surface area (Å²) in [5.74, 6) is 0. The van der Waals surface area contributed by atoms with E-state index < -0.39 is 0 Å². The fourth-order valence-electron chi connectivity index (χ4n) is 0. The van der Waals surface area contributed by atoms with Crippen LogP contribution >= 0.6 is 35.6 Å². The van der Waals surface area contributed by atoms with Gasteiger partial charge in [0.15, 0.2) is 0 Å². The zero-order valence-electron chi connectivity index (χ0n) is 2.82. The largest absolute Gasteiger partial charge is 0.403 e. The summed E-state index contributed by atoms with van der Waals surface area (Å²) in [5, 5.41) is 0. The van der Waals surface area contributed by atoms with Gasteiger partial charge in [0.2, 0.25) is 0 Å². The van der Waals surface area contributed by atoms with Crippen LogP contribution in [0.25, 0.3) is 0 Å². The van der Waals surface area contributed by atoms with Crippen molar-refractivity contribution in [3.05, 3.63) is 10.7 Å². The zero-order valence-corrected chi connectivity index (χ0v) is 5.15. The molecule has 38 valence electrons. The minimum atomic E-state index is 0. The van der Waals surface area contributed by atoms with Gasteiger partial charge in [0, 0.05) is 6.20 Å². The summed E-state index contributed by atoms with van der Waals surface area (Å²) >= 11 is 9.93. The van der Waals surface area contributed by atoms with E-state index in [9.17, 15) is 0 Å². The molecule has 0 bridgehead atoms. The van der Waals surface area contributed by atoms with Crippen LogP contribution in [-0.2, 0) is 0 Å². The van der Waals surface area contributed by atoms with Gasteiger partial charge < -0.3 is 5.73 Å². The maximum absolute atomic E-state index is 4.96. The van der Waals surface area contributed by atoms with Gasteiger partial charge in [-0.15, -0.1) is 12.4 Å². The van der Waals surface area contributed by atoms with Crippen LogP contribution in [0.5, 0.6) is 0 Å². The molecule has 0 heterocycles. The van der Waals surface area contributed by atoms with Gasteiger partial charge in [0.25, 0.3) is 0 Å². The lowest BCUT2D eigenvalue weighted by Gasteiger charge is -1.67. The summed E-state index contributed by atoms with van der Waals surface area (Å²) in [4.78, 5) is 0. The Morgan fingerprint density at radius 2 is 1.67 bits per heavy atom. The van der Waals surface area contributed by atoms with Crippen molar-refractivity contribution in [1.82, 2.24) is 0 Å².